The summed E-state index contributed by atoms with van der Waals surface area (Å²) in [6.45, 7) is 1.94. The Morgan fingerprint density at radius 2 is 2.07 bits per heavy atom. The molecule has 0 amide bonds. The van der Waals surface area contributed by atoms with Crippen molar-refractivity contribution in [2.75, 3.05) is 16.6 Å². The molecule has 0 spiro atoms. The SMILES string of the molecule is Cc1ccc(-c2nc(N3C=NC4c5ccccc5N5CN(F)C=C5N43)no2)o1. The lowest BCUT2D eigenvalue weighted by Crippen LogP contribution is -2.47. The van der Waals surface area contributed by atoms with Crippen molar-refractivity contribution in [1.82, 2.24) is 20.3 Å². The first-order valence-corrected chi connectivity index (χ1v) is 8.72. The molecule has 0 saturated heterocycles. The van der Waals surface area contributed by atoms with Crippen LogP contribution in [-0.4, -0.2) is 33.3 Å². The molecule has 1 atom stereocenters. The number of anilines is 2. The number of hydrogen-bond donors (Lipinski definition) is 0. The van der Waals surface area contributed by atoms with Gasteiger partial charge in [-0.1, -0.05) is 22.7 Å². The molecule has 1 aromatic carbocycles. The van der Waals surface area contributed by atoms with Gasteiger partial charge in [-0.25, -0.2) is 15.0 Å². The lowest BCUT2D eigenvalue weighted by atomic mass is 10.1. The van der Waals surface area contributed by atoms with Crippen LogP contribution in [0.1, 0.15) is 17.5 Å². The van der Waals surface area contributed by atoms with E-state index in [1.807, 2.05) is 47.2 Å². The standard InChI is InChI=1S/C18H14FN7O2/c1-11-6-7-14(27-11)17-21-18(22-28-17)25-9-20-16-12-4-2-3-5-13(12)24-10-23(19)8-15(24)26(16)25/h2-9,16H,10H2,1H3. The Balaban J connectivity index is 1.42. The van der Waals surface area contributed by atoms with Gasteiger partial charge < -0.3 is 13.8 Å². The van der Waals surface area contributed by atoms with Gasteiger partial charge in [0, 0.05) is 5.56 Å². The summed E-state index contributed by atoms with van der Waals surface area (Å²) in [6, 6.07) is 11.4. The molecule has 0 N–H and O–H groups in total. The summed E-state index contributed by atoms with van der Waals surface area (Å²) in [7, 11) is 0. The highest BCUT2D eigenvalue weighted by Crippen LogP contribution is 2.46. The zero-order chi connectivity index (χ0) is 18.8. The first-order valence-electron chi connectivity index (χ1n) is 8.72. The Morgan fingerprint density at radius 1 is 1.18 bits per heavy atom. The van der Waals surface area contributed by atoms with Crippen molar-refractivity contribution in [2.45, 2.75) is 13.1 Å². The van der Waals surface area contributed by atoms with Crippen LogP contribution in [0, 0.1) is 6.92 Å². The molecule has 3 aromatic rings. The highest BCUT2D eigenvalue weighted by Gasteiger charge is 2.45. The maximum absolute atomic E-state index is 14.1. The van der Waals surface area contributed by atoms with Crippen molar-refractivity contribution in [3.05, 3.63) is 59.7 Å². The minimum atomic E-state index is -0.335. The third-order valence-corrected chi connectivity index (χ3v) is 4.90. The van der Waals surface area contributed by atoms with Crippen LogP contribution in [-0.2, 0) is 0 Å². The molecule has 9 nitrogen and oxygen atoms in total. The van der Waals surface area contributed by atoms with Crippen LogP contribution in [0.25, 0.3) is 11.7 Å². The topological polar surface area (TPSA) is 77.4 Å². The van der Waals surface area contributed by atoms with Crippen molar-refractivity contribution in [3.63, 3.8) is 0 Å². The molecule has 1 unspecified atom stereocenters. The number of aliphatic imine (C=N–C) groups is 1. The first-order chi connectivity index (χ1) is 13.7. The van der Waals surface area contributed by atoms with Gasteiger partial charge in [0.15, 0.2) is 17.7 Å². The smallest absolute Gasteiger partial charge is 0.295 e. The van der Waals surface area contributed by atoms with E-state index < -0.39 is 0 Å². The molecule has 10 heteroatoms. The van der Waals surface area contributed by atoms with E-state index in [2.05, 4.69) is 15.1 Å². The summed E-state index contributed by atoms with van der Waals surface area (Å²) in [5, 5.41) is 8.19. The second-order valence-electron chi connectivity index (χ2n) is 6.65. The van der Waals surface area contributed by atoms with Gasteiger partial charge in [0.2, 0.25) is 0 Å². The maximum Gasteiger partial charge on any atom is 0.295 e. The number of aromatic nitrogens is 2. The summed E-state index contributed by atoms with van der Waals surface area (Å²) in [4.78, 5) is 10.9. The van der Waals surface area contributed by atoms with Crippen molar-refractivity contribution >= 4 is 18.0 Å². The molecule has 0 radical (unpaired) electrons. The zero-order valence-corrected chi connectivity index (χ0v) is 14.7. The number of halogens is 1. The number of para-hydroxylation sites is 1. The number of aryl methyl sites for hydroxylation is 1. The largest absolute Gasteiger partial charge is 0.456 e. The molecular weight excluding hydrogens is 365 g/mol. The Morgan fingerprint density at radius 3 is 2.93 bits per heavy atom. The average molecular weight is 379 g/mol. The van der Waals surface area contributed by atoms with Crippen LogP contribution in [0.15, 0.2) is 62.4 Å². The van der Waals surface area contributed by atoms with E-state index in [-0.39, 0.29) is 24.7 Å². The molecule has 28 heavy (non-hydrogen) atoms. The summed E-state index contributed by atoms with van der Waals surface area (Å²) in [5.41, 5.74) is 1.90. The second kappa shape index (κ2) is 5.35. The molecule has 3 aliphatic rings. The number of hydrogen-bond acceptors (Lipinski definition) is 9. The van der Waals surface area contributed by atoms with Crippen LogP contribution in [0.3, 0.4) is 0 Å². The molecule has 6 rings (SSSR count). The molecule has 3 aliphatic heterocycles. The van der Waals surface area contributed by atoms with Crippen LogP contribution in [0.5, 0.6) is 0 Å². The Hall–Kier alpha value is -3.82. The fraction of sp³-hybridized carbons (Fsp3) is 0.167. The number of furan rings is 1. The van der Waals surface area contributed by atoms with Crippen LogP contribution >= 0.6 is 0 Å². The summed E-state index contributed by atoms with van der Waals surface area (Å²) in [5.74, 6) is 2.43. The molecule has 0 fully saturated rings. The fourth-order valence-electron chi connectivity index (χ4n) is 3.69. The number of rotatable bonds is 2. The average Bonchev–Trinajstić information content (AvgIpc) is 3.46. The van der Waals surface area contributed by atoms with E-state index in [4.69, 9.17) is 8.94 Å². The van der Waals surface area contributed by atoms with Crippen molar-refractivity contribution in [3.8, 4) is 11.7 Å². The normalized spacial score (nSPS) is 19.8. The Bertz CT molecular complexity index is 1140. The minimum absolute atomic E-state index is 0.104. The van der Waals surface area contributed by atoms with Crippen molar-refractivity contribution in [1.29, 1.82) is 0 Å². The lowest BCUT2D eigenvalue weighted by Gasteiger charge is -2.41. The van der Waals surface area contributed by atoms with Gasteiger partial charge in [-0.2, -0.15) is 10.1 Å². The van der Waals surface area contributed by atoms with Gasteiger partial charge in [0.25, 0.3) is 11.8 Å². The second-order valence-corrected chi connectivity index (χ2v) is 6.65. The van der Waals surface area contributed by atoms with Crippen molar-refractivity contribution < 1.29 is 13.4 Å². The Kier molecular flexibility index (Phi) is 2.91. The minimum Gasteiger partial charge on any atom is -0.456 e. The van der Waals surface area contributed by atoms with Crippen LogP contribution in [0.2, 0.25) is 0 Å². The molecule has 0 aliphatic carbocycles. The predicted molar refractivity (Wildman–Crippen MR) is 97.1 cm³/mol. The Labute approximate surface area is 158 Å². The maximum atomic E-state index is 14.1. The third-order valence-electron chi connectivity index (χ3n) is 4.90. The van der Waals surface area contributed by atoms with E-state index >= 15 is 0 Å². The molecule has 140 valence electrons. The van der Waals surface area contributed by atoms with Crippen molar-refractivity contribution in [2.24, 2.45) is 4.99 Å². The number of fused-ring (bicyclic) bond motifs is 6. The number of nitrogens with zero attached hydrogens (tertiary/aromatic N) is 7. The van der Waals surface area contributed by atoms with Gasteiger partial charge in [-0.15, -0.1) is 0 Å². The fourth-order valence-corrected chi connectivity index (χ4v) is 3.69. The van der Waals surface area contributed by atoms with Crippen LogP contribution < -0.4 is 9.91 Å². The third kappa shape index (κ3) is 2.02. The summed E-state index contributed by atoms with van der Waals surface area (Å²) >= 11 is 0. The molecule has 5 heterocycles. The van der Waals surface area contributed by atoms with E-state index in [0.29, 0.717) is 16.7 Å². The van der Waals surface area contributed by atoms with Gasteiger partial charge in [0.05, 0.1) is 11.9 Å². The summed E-state index contributed by atoms with van der Waals surface area (Å²) < 4.78 is 25.0. The van der Waals surface area contributed by atoms with Gasteiger partial charge in [-0.05, 0) is 30.3 Å². The lowest BCUT2D eigenvalue weighted by molar-refractivity contribution is 0.104. The molecule has 2 aromatic heterocycles. The van der Waals surface area contributed by atoms with E-state index in [0.717, 1.165) is 17.0 Å². The number of benzene rings is 1. The molecular formula is C18H14FN7O2. The van der Waals surface area contributed by atoms with E-state index in [1.54, 1.807) is 17.4 Å². The zero-order valence-electron chi connectivity index (χ0n) is 14.7. The summed E-state index contributed by atoms with van der Waals surface area (Å²) in [6.07, 6.45) is 2.72. The first kappa shape index (κ1) is 15.3. The van der Waals surface area contributed by atoms with E-state index in [1.165, 1.54) is 6.20 Å². The predicted octanol–water partition coefficient (Wildman–Crippen LogP) is 3.18. The number of hydrazine groups is 1. The van der Waals surface area contributed by atoms with Crippen LogP contribution in [0.4, 0.5) is 16.1 Å². The van der Waals surface area contributed by atoms with Gasteiger partial charge in [-0.3, -0.25) is 0 Å². The molecule has 0 bridgehead atoms. The quantitative estimate of drug-likeness (QED) is 0.629. The highest BCUT2D eigenvalue weighted by molar-refractivity contribution is 5.80. The van der Waals surface area contributed by atoms with E-state index in [9.17, 15) is 4.48 Å². The van der Waals surface area contributed by atoms with Gasteiger partial charge in [0.1, 0.15) is 18.8 Å². The highest BCUT2D eigenvalue weighted by atomic mass is 19.2. The monoisotopic (exact) mass is 379 g/mol. The molecule has 0 saturated carbocycles. The van der Waals surface area contributed by atoms with Gasteiger partial charge >= 0.3 is 0 Å².